The number of rotatable bonds is 4. The van der Waals surface area contributed by atoms with Crippen LogP contribution in [0.1, 0.15) is 24.3 Å². The van der Waals surface area contributed by atoms with Crippen LogP contribution in [0.4, 0.5) is 10.5 Å². The highest BCUT2D eigenvalue weighted by atomic mass is 16.5. The Balaban J connectivity index is 1.51. The Hall–Kier alpha value is -3.20. The summed E-state index contributed by atoms with van der Waals surface area (Å²) in [5.74, 6) is 0.648. The number of carbonyl (C=O) groups is 1. The summed E-state index contributed by atoms with van der Waals surface area (Å²) in [4.78, 5) is 12.7. The summed E-state index contributed by atoms with van der Waals surface area (Å²) in [5.41, 5.74) is 1.60. The number of amides is 2. The lowest BCUT2D eigenvalue weighted by atomic mass is 9.87. The average molecular weight is 368 g/mol. The summed E-state index contributed by atoms with van der Waals surface area (Å²) in [5, 5.41) is 17.7. The van der Waals surface area contributed by atoms with Crippen LogP contribution in [0.15, 0.2) is 47.2 Å². The summed E-state index contributed by atoms with van der Waals surface area (Å²) in [6.07, 6.45) is 4.58. The molecule has 1 fully saturated rings. The zero-order chi connectivity index (χ0) is 18.7. The molecule has 2 aromatic heterocycles. The van der Waals surface area contributed by atoms with Crippen LogP contribution in [-0.2, 0) is 10.3 Å². The molecule has 0 atom stereocenters. The molecule has 0 aliphatic carbocycles. The van der Waals surface area contributed by atoms with Gasteiger partial charge in [0.25, 0.3) is 0 Å². The molecule has 1 aliphatic rings. The van der Waals surface area contributed by atoms with Gasteiger partial charge >= 0.3 is 6.03 Å². The lowest BCUT2D eigenvalue weighted by Gasteiger charge is -2.35. The number of nitrogens with zero attached hydrogens (tertiary/aromatic N) is 4. The van der Waals surface area contributed by atoms with Gasteiger partial charge in [0, 0.05) is 37.8 Å². The average Bonchev–Trinajstić information content (AvgIpc) is 3.34. The molecule has 0 radical (unpaired) electrons. The Kier molecular flexibility index (Phi) is 4.59. The van der Waals surface area contributed by atoms with E-state index in [-0.39, 0.29) is 6.03 Å². The van der Waals surface area contributed by atoms with Crippen LogP contribution < -0.4 is 10.6 Å². The third-order valence-electron chi connectivity index (χ3n) is 4.59. The second-order valence-corrected chi connectivity index (χ2v) is 6.50. The van der Waals surface area contributed by atoms with Crippen molar-refractivity contribution in [1.82, 2.24) is 25.5 Å². The second-order valence-electron chi connectivity index (χ2n) is 6.50. The first-order valence-electron chi connectivity index (χ1n) is 8.72. The van der Waals surface area contributed by atoms with Crippen molar-refractivity contribution < 1.29 is 14.1 Å². The molecule has 27 heavy (non-hydrogen) atoms. The molecule has 2 N–H and O–H groups in total. The molecular formula is C18H20N6O3. The molecule has 9 heteroatoms. The number of benzene rings is 1. The zero-order valence-corrected chi connectivity index (χ0v) is 14.9. The fourth-order valence-corrected chi connectivity index (χ4v) is 3.19. The Labute approximate surface area is 155 Å². The van der Waals surface area contributed by atoms with E-state index in [1.165, 1.54) is 0 Å². The van der Waals surface area contributed by atoms with Crippen molar-refractivity contribution in [3.8, 4) is 5.69 Å². The van der Waals surface area contributed by atoms with Gasteiger partial charge in [-0.3, -0.25) is 0 Å². The zero-order valence-electron chi connectivity index (χ0n) is 14.9. The monoisotopic (exact) mass is 368 g/mol. The van der Waals surface area contributed by atoms with Gasteiger partial charge in [0.15, 0.2) is 5.76 Å². The molecule has 3 heterocycles. The predicted molar refractivity (Wildman–Crippen MR) is 96.5 cm³/mol. The number of nitrogens with one attached hydrogen (secondary N) is 2. The van der Waals surface area contributed by atoms with E-state index >= 15 is 0 Å². The van der Waals surface area contributed by atoms with Crippen molar-refractivity contribution in [2.75, 3.05) is 18.5 Å². The first-order chi connectivity index (χ1) is 13.1. The fraction of sp³-hybridized carbons (Fsp3) is 0.333. The van der Waals surface area contributed by atoms with Gasteiger partial charge < -0.3 is 19.9 Å². The van der Waals surface area contributed by atoms with Gasteiger partial charge in [-0.25, -0.2) is 9.48 Å². The van der Waals surface area contributed by atoms with Crippen LogP contribution in [0.3, 0.4) is 0 Å². The van der Waals surface area contributed by atoms with E-state index < -0.39 is 5.54 Å². The highest BCUT2D eigenvalue weighted by molar-refractivity contribution is 5.90. The number of anilines is 1. The number of hydrogen-bond donors (Lipinski definition) is 2. The van der Waals surface area contributed by atoms with E-state index in [0.717, 1.165) is 11.4 Å². The molecule has 0 bridgehead atoms. The van der Waals surface area contributed by atoms with Crippen LogP contribution in [0.25, 0.3) is 5.69 Å². The highest BCUT2D eigenvalue weighted by Gasteiger charge is 2.39. The molecule has 4 rings (SSSR count). The molecule has 1 aliphatic heterocycles. The highest BCUT2D eigenvalue weighted by Crippen LogP contribution is 2.32. The van der Waals surface area contributed by atoms with Crippen LogP contribution >= 0.6 is 0 Å². The number of aromatic nitrogens is 4. The van der Waals surface area contributed by atoms with Gasteiger partial charge in [-0.15, -0.1) is 5.10 Å². The summed E-state index contributed by atoms with van der Waals surface area (Å²) in [6.45, 7) is 2.94. The molecule has 3 aromatic rings. The molecule has 2 amide bonds. The minimum atomic E-state index is -0.632. The lowest BCUT2D eigenvalue weighted by Crippen LogP contribution is -2.50. The third-order valence-corrected chi connectivity index (χ3v) is 4.59. The maximum absolute atomic E-state index is 12.7. The van der Waals surface area contributed by atoms with E-state index in [2.05, 4.69) is 26.1 Å². The quantitative estimate of drug-likeness (QED) is 0.732. The Bertz CT molecular complexity index is 915. The van der Waals surface area contributed by atoms with E-state index in [0.29, 0.717) is 37.5 Å². The number of aryl methyl sites for hydroxylation is 1. The second kappa shape index (κ2) is 7.20. The molecule has 9 nitrogen and oxygen atoms in total. The van der Waals surface area contributed by atoms with E-state index in [4.69, 9.17) is 9.26 Å². The molecule has 0 saturated carbocycles. The van der Waals surface area contributed by atoms with Gasteiger partial charge in [0.05, 0.1) is 23.8 Å². The van der Waals surface area contributed by atoms with Crippen molar-refractivity contribution in [2.45, 2.75) is 25.3 Å². The summed E-state index contributed by atoms with van der Waals surface area (Å²) >= 11 is 0. The molecule has 1 aromatic carbocycles. The summed E-state index contributed by atoms with van der Waals surface area (Å²) in [6, 6.07) is 8.91. The van der Waals surface area contributed by atoms with Gasteiger partial charge in [0.1, 0.15) is 5.54 Å². The van der Waals surface area contributed by atoms with Crippen molar-refractivity contribution in [3.63, 3.8) is 0 Å². The van der Waals surface area contributed by atoms with Crippen LogP contribution in [0.5, 0.6) is 0 Å². The van der Waals surface area contributed by atoms with Crippen molar-refractivity contribution in [3.05, 3.63) is 54.2 Å². The Morgan fingerprint density at radius 2 is 2.11 bits per heavy atom. The molecular weight excluding hydrogens is 348 g/mol. The minimum absolute atomic E-state index is 0.318. The summed E-state index contributed by atoms with van der Waals surface area (Å²) in [7, 11) is 0. The standard InChI is InChI=1S/C18H20N6O3/c1-13-11-16(27-22-13)18(5-9-26-10-6-18)21-17(25)20-14-3-2-4-15(12-14)24-8-7-19-23-24/h2-4,7-8,11-12H,5-6,9-10H2,1H3,(H2,20,21,25). The van der Waals surface area contributed by atoms with Gasteiger partial charge in [-0.1, -0.05) is 16.4 Å². The Morgan fingerprint density at radius 3 is 2.81 bits per heavy atom. The van der Waals surface area contributed by atoms with Gasteiger partial charge in [-0.2, -0.15) is 0 Å². The SMILES string of the molecule is Cc1cc(C2(NC(=O)Nc3cccc(-n4ccnn4)c3)CCOCC2)on1. The number of hydrogen-bond acceptors (Lipinski definition) is 6. The van der Waals surface area contributed by atoms with Gasteiger partial charge in [0.2, 0.25) is 0 Å². The van der Waals surface area contributed by atoms with Gasteiger partial charge in [-0.05, 0) is 25.1 Å². The maximum atomic E-state index is 12.7. The smallest absolute Gasteiger partial charge is 0.320 e. The van der Waals surface area contributed by atoms with Crippen molar-refractivity contribution in [2.24, 2.45) is 0 Å². The van der Waals surface area contributed by atoms with Crippen molar-refractivity contribution >= 4 is 11.7 Å². The Morgan fingerprint density at radius 1 is 1.26 bits per heavy atom. The largest absolute Gasteiger partial charge is 0.381 e. The minimum Gasteiger partial charge on any atom is -0.381 e. The van der Waals surface area contributed by atoms with Crippen LogP contribution in [0, 0.1) is 6.92 Å². The lowest BCUT2D eigenvalue weighted by molar-refractivity contribution is 0.0307. The molecule has 1 saturated heterocycles. The van der Waals surface area contributed by atoms with E-state index in [1.807, 2.05) is 37.3 Å². The topological polar surface area (TPSA) is 107 Å². The molecule has 0 unspecified atom stereocenters. The van der Waals surface area contributed by atoms with E-state index in [1.54, 1.807) is 17.1 Å². The molecule has 0 spiro atoms. The number of urea groups is 1. The van der Waals surface area contributed by atoms with Crippen molar-refractivity contribution in [1.29, 1.82) is 0 Å². The maximum Gasteiger partial charge on any atom is 0.320 e. The predicted octanol–water partition coefficient (Wildman–Crippen LogP) is 2.39. The van der Waals surface area contributed by atoms with Crippen LogP contribution in [-0.4, -0.2) is 39.4 Å². The third kappa shape index (κ3) is 3.68. The normalized spacial score (nSPS) is 16.0. The number of carbonyl (C=O) groups excluding carboxylic acids is 1. The first kappa shape index (κ1) is 17.2. The fourth-order valence-electron chi connectivity index (χ4n) is 3.19. The summed E-state index contributed by atoms with van der Waals surface area (Å²) < 4.78 is 12.5. The van der Waals surface area contributed by atoms with Crippen LogP contribution in [0.2, 0.25) is 0 Å². The molecule has 140 valence electrons. The van der Waals surface area contributed by atoms with E-state index in [9.17, 15) is 4.79 Å². The number of ether oxygens (including phenoxy) is 1. The first-order valence-corrected chi connectivity index (χ1v) is 8.72.